The van der Waals surface area contributed by atoms with Crippen LogP contribution >= 0.6 is 23.2 Å². The quantitative estimate of drug-likeness (QED) is 0.539. The van der Waals surface area contributed by atoms with E-state index in [2.05, 4.69) is 15.0 Å². The molecule has 1 aromatic heterocycles. The zero-order valence-corrected chi connectivity index (χ0v) is 13.2. The molecule has 0 saturated carbocycles. The van der Waals surface area contributed by atoms with E-state index in [0.717, 1.165) is 22.6 Å². The number of fused-ring (bicyclic) bond motifs is 3. The molecule has 0 N–H and O–H groups in total. The molecule has 1 unspecified atom stereocenters. The third-order valence-electron chi connectivity index (χ3n) is 3.89. The van der Waals surface area contributed by atoms with E-state index in [1.165, 1.54) is 0 Å². The van der Waals surface area contributed by atoms with E-state index in [9.17, 15) is 0 Å². The summed E-state index contributed by atoms with van der Waals surface area (Å²) in [4.78, 5) is 13.3. The molecule has 1 atom stereocenters. The Morgan fingerprint density at radius 1 is 1.09 bits per heavy atom. The SMILES string of the molecule is Cc1cccc(Cl)c1[N+]12C=NC=C1C=Nc1ccc(Cl)nc12. The van der Waals surface area contributed by atoms with Gasteiger partial charge in [-0.2, -0.15) is 9.47 Å². The molecule has 0 radical (unpaired) electrons. The molecule has 2 aromatic rings. The number of nitrogens with zero attached hydrogens (tertiary/aromatic N) is 4. The van der Waals surface area contributed by atoms with Crippen molar-refractivity contribution in [2.45, 2.75) is 6.92 Å². The molecule has 0 saturated heterocycles. The second-order valence-corrected chi connectivity index (χ2v) is 5.98. The number of hydrogen-bond donors (Lipinski definition) is 0. The molecule has 6 heteroatoms. The van der Waals surface area contributed by atoms with Crippen molar-refractivity contribution in [3.05, 3.63) is 58.0 Å². The monoisotopic (exact) mass is 329 g/mol. The van der Waals surface area contributed by atoms with E-state index in [0.29, 0.717) is 16.0 Å². The zero-order valence-electron chi connectivity index (χ0n) is 11.7. The maximum atomic E-state index is 6.52. The lowest BCUT2D eigenvalue weighted by Gasteiger charge is -2.33. The van der Waals surface area contributed by atoms with Crippen LogP contribution in [0.15, 0.2) is 52.2 Å². The summed E-state index contributed by atoms with van der Waals surface area (Å²) in [5, 5.41) is 1.07. The third kappa shape index (κ3) is 1.72. The molecule has 108 valence electrons. The summed E-state index contributed by atoms with van der Waals surface area (Å²) in [6.07, 6.45) is 5.39. The molecule has 4 rings (SSSR count). The van der Waals surface area contributed by atoms with Gasteiger partial charge in [-0.25, -0.2) is 9.98 Å². The first-order valence-electron chi connectivity index (χ1n) is 6.73. The first-order chi connectivity index (χ1) is 10.6. The number of aryl methyl sites for hydroxylation is 1. The highest BCUT2D eigenvalue weighted by atomic mass is 35.5. The number of benzene rings is 1. The van der Waals surface area contributed by atoms with Crippen molar-refractivity contribution in [1.82, 2.24) is 9.47 Å². The van der Waals surface area contributed by atoms with Gasteiger partial charge in [0.05, 0.1) is 12.4 Å². The van der Waals surface area contributed by atoms with Crippen molar-refractivity contribution in [3.63, 3.8) is 0 Å². The largest absolute Gasteiger partial charge is 0.271 e. The average Bonchev–Trinajstić information content (AvgIpc) is 2.92. The number of aromatic nitrogens is 1. The van der Waals surface area contributed by atoms with Crippen LogP contribution in [0.3, 0.4) is 0 Å². The molecule has 2 aliphatic rings. The van der Waals surface area contributed by atoms with Gasteiger partial charge in [0, 0.05) is 5.56 Å². The van der Waals surface area contributed by atoms with Crippen molar-refractivity contribution in [2.24, 2.45) is 9.98 Å². The van der Waals surface area contributed by atoms with Gasteiger partial charge >= 0.3 is 0 Å². The lowest BCUT2D eigenvalue weighted by atomic mass is 10.1. The van der Waals surface area contributed by atoms with Crippen molar-refractivity contribution in [2.75, 3.05) is 0 Å². The topological polar surface area (TPSA) is 37.6 Å². The number of halogens is 2. The Kier molecular flexibility index (Phi) is 2.94. The first-order valence-corrected chi connectivity index (χ1v) is 7.49. The highest BCUT2D eigenvalue weighted by Gasteiger charge is 2.47. The van der Waals surface area contributed by atoms with Crippen molar-refractivity contribution >= 4 is 52.9 Å². The van der Waals surface area contributed by atoms with Crippen molar-refractivity contribution in [3.8, 4) is 0 Å². The maximum Gasteiger partial charge on any atom is 0.271 e. The van der Waals surface area contributed by atoms with Gasteiger partial charge in [0.25, 0.3) is 5.82 Å². The number of hydrogen-bond acceptors (Lipinski definition) is 3. The summed E-state index contributed by atoms with van der Waals surface area (Å²) in [5.74, 6) is 0.707. The van der Waals surface area contributed by atoms with E-state index in [1.807, 2.05) is 37.5 Å². The van der Waals surface area contributed by atoms with Crippen LogP contribution in [0.25, 0.3) is 0 Å². The summed E-state index contributed by atoms with van der Waals surface area (Å²) in [7, 11) is 0. The number of aliphatic imine (C=N–C) groups is 2. The van der Waals surface area contributed by atoms with Gasteiger partial charge < -0.3 is 0 Å². The molecule has 1 aromatic carbocycles. The zero-order chi connectivity index (χ0) is 15.3. The molecule has 0 aliphatic carbocycles. The fourth-order valence-electron chi connectivity index (χ4n) is 2.95. The van der Waals surface area contributed by atoms with E-state index in [4.69, 9.17) is 23.2 Å². The van der Waals surface area contributed by atoms with Crippen LogP contribution in [0.4, 0.5) is 17.2 Å². The minimum Gasteiger partial charge on any atom is -0.242 e. The summed E-state index contributed by atoms with van der Waals surface area (Å²) < 4.78 is 0.213. The van der Waals surface area contributed by atoms with E-state index in [1.54, 1.807) is 18.5 Å². The Hall–Kier alpha value is -2.01. The number of para-hydroxylation sites is 1. The molecule has 0 spiro atoms. The Morgan fingerprint density at radius 2 is 1.95 bits per heavy atom. The fraction of sp³-hybridized carbons (Fsp3) is 0.0625. The molecule has 2 aliphatic heterocycles. The van der Waals surface area contributed by atoms with Gasteiger partial charge in [-0.15, -0.1) is 0 Å². The number of quaternary nitrogens is 1. The van der Waals surface area contributed by atoms with Gasteiger partial charge in [0.15, 0.2) is 11.4 Å². The van der Waals surface area contributed by atoms with Crippen LogP contribution in [0.2, 0.25) is 10.2 Å². The lowest BCUT2D eigenvalue weighted by molar-refractivity contribution is 0.706. The predicted octanol–water partition coefficient (Wildman–Crippen LogP) is 4.94. The molecule has 3 heterocycles. The highest BCUT2D eigenvalue weighted by Crippen LogP contribution is 2.50. The normalized spacial score (nSPS) is 21.5. The second kappa shape index (κ2) is 4.74. The van der Waals surface area contributed by atoms with Crippen LogP contribution in [0, 0.1) is 6.92 Å². The van der Waals surface area contributed by atoms with Crippen molar-refractivity contribution in [1.29, 1.82) is 0 Å². The number of allylic oxidation sites excluding steroid dienone is 1. The lowest BCUT2D eigenvalue weighted by Crippen LogP contribution is -2.43. The number of rotatable bonds is 1. The summed E-state index contributed by atoms with van der Waals surface area (Å²) in [6, 6.07) is 9.41. The van der Waals surface area contributed by atoms with E-state index < -0.39 is 0 Å². The standard InChI is InChI=1S/C16H11Cl2N4/c1-10-3-2-4-12(17)15(10)22-9-19-7-11(22)8-20-13-5-6-14(18)21-16(13)22/h2-9H,1H3/q+1. The second-order valence-electron chi connectivity index (χ2n) is 5.18. The van der Waals surface area contributed by atoms with Gasteiger partial charge in [0.2, 0.25) is 6.34 Å². The number of pyridine rings is 1. The molecular weight excluding hydrogens is 319 g/mol. The van der Waals surface area contributed by atoms with Crippen LogP contribution in [0.1, 0.15) is 5.56 Å². The van der Waals surface area contributed by atoms with Gasteiger partial charge in [-0.05, 0) is 25.1 Å². The molecule has 0 amide bonds. The Bertz CT molecular complexity index is 865. The molecule has 4 nitrogen and oxygen atoms in total. The van der Waals surface area contributed by atoms with Crippen LogP contribution in [-0.4, -0.2) is 17.5 Å². The molecule has 0 bridgehead atoms. The third-order valence-corrected chi connectivity index (χ3v) is 4.40. The Balaban J connectivity index is 2.12. The maximum absolute atomic E-state index is 6.52. The first kappa shape index (κ1) is 13.6. The summed E-state index contributed by atoms with van der Waals surface area (Å²) in [5.41, 5.74) is 3.61. The van der Waals surface area contributed by atoms with E-state index in [-0.39, 0.29) is 4.48 Å². The average molecular weight is 330 g/mol. The van der Waals surface area contributed by atoms with Crippen molar-refractivity contribution < 1.29 is 0 Å². The molecule has 22 heavy (non-hydrogen) atoms. The van der Waals surface area contributed by atoms with Crippen LogP contribution < -0.4 is 4.48 Å². The van der Waals surface area contributed by atoms with Crippen LogP contribution in [0.5, 0.6) is 0 Å². The van der Waals surface area contributed by atoms with Gasteiger partial charge in [0.1, 0.15) is 15.9 Å². The minimum absolute atomic E-state index is 0.213. The summed E-state index contributed by atoms with van der Waals surface area (Å²) >= 11 is 12.6. The van der Waals surface area contributed by atoms with Crippen LogP contribution in [-0.2, 0) is 0 Å². The molecule has 0 fully saturated rings. The minimum atomic E-state index is 0.213. The summed E-state index contributed by atoms with van der Waals surface area (Å²) in [6.45, 7) is 2.02. The van der Waals surface area contributed by atoms with E-state index >= 15 is 0 Å². The molecular formula is C16H11Cl2N4+. The Morgan fingerprint density at radius 3 is 2.77 bits per heavy atom. The fourth-order valence-corrected chi connectivity index (χ4v) is 3.44. The Labute approximate surface area is 137 Å². The van der Waals surface area contributed by atoms with Gasteiger partial charge in [-0.1, -0.05) is 35.3 Å². The van der Waals surface area contributed by atoms with Gasteiger partial charge in [-0.3, -0.25) is 0 Å². The smallest absolute Gasteiger partial charge is 0.242 e. The highest BCUT2D eigenvalue weighted by molar-refractivity contribution is 6.34. The predicted molar refractivity (Wildman–Crippen MR) is 91.6 cm³/mol.